The third-order valence-electron chi connectivity index (χ3n) is 9.91. The molecule has 1 saturated heterocycles. The summed E-state index contributed by atoms with van der Waals surface area (Å²) in [6.45, 7) is 1.09. The summed E-state index contributed by atoms with van der Waals surface area (Å²) >= 11 is 0. The predicted molar refractivity (Wildman–Crippen MR) is 165 cm³/mol. The van der Waals surface area contributed by atoms with Crippen LogP contribution in [0.3, 0.4) is 0 Å². The van der Waals surface area contributed by atoms with E-state index in [1.165, 1.54) is 6.08 Å². The lowest BCUT2D eigenvalue weighted by Crippen LogP contribution is -2.74. The minimum atomic E-state index is -2.25. The first-order chi connectivity index (χ1) is 24.4. The zero-order chi connectivity index (χ0) is 38.3. The Balaban J connectivity index is 1.37. The maximum absolute atomic E-state index is 13.4. The number of benzene rings is 1. The van der Waals surface area contributed by atoms with Crippen molar-refractivity contribution in [2.24, 2.45) is 0 Å². The summed E-state index contributed by atoms with van der Waals surface area (Å²) in [6.07, 6.45) is -10.6. The molecule has 6 N–H and O–H groups in total. The Labute approximate surface area is 294 Å². The van der Waals surface area contributed by atoms with Gasteiger partial charge in [-0.3, -0.25) is 14.4 Å². The molecule has 0 radical (unpaired) electrons. The first-order valence-corrected chi connectivity index (χ1v) is 16.2. The number of hydrogen-bond acceptors (Lipinski definition) is 16. The molecule has 1 aromatic rings. The number of likely N-dealkylation sites (N-methyl/N-ethyl adjacent to an activating group) is 1. The van der Waals surface area contributed by atoms with E-state index in [-0.39, 0.29) is 24.8 Å². The highest BCUT2D eigenvalue weighted by Crippen LogP contribution is 2.64. The van der Waals surface area contributed by atoms with Gasteiger partial charge in [0.15, 0.2) is 18.3 Å². The Kier molecular flexibility index (Phi) is 10.6. The monoisotopic (exact) mass is 735 g/mol. The van der Waals surface area contributed by atoms with Crippen molar-refractivity contribution in [3.05, 3.63) is 40.7 Å². The summed E-state index contributed by atoms with van der Waals surface area (Å²) in [5, 5.41) is 59.0. The summed E-state index contributed by atoms with van der Waals surface area (Å²) < 4.78 is 26.6. The van der Waals surface area contributed by atoms with Gasteiger partial charge in [0.1, 0.15) is 11.5 Å². The minimum absolute atomic E-state index is 0.0269. The van der Waals surface area contributed by atoms with Crippen LogP contribution in [0.5, 0.6) is 5.75 Å². The summed E-state index contributed by atoms with van der Waals surface area (Å²) in [5.41, 5.74) is -0.401. The number of carbonyl (C=O) groups is 7. The Morgan fingerprint density at radius 2 is 1.65 bits per heavy atom. The van der Waals surface area contributed by atoms with E-state index in [2.05, 4.69) is 4.74 Å². The first-order valence-electron chi connectivity index (χ1n) is 16.2. The number of hydrogen-bond donors (Lipinski definition) is 6. The number of aliphatic hydroxyl groups excluding tert-OH is 2. The van der Waals surface area contributed by atoms with Gasteiger partial charge in [-0.15, -0.1) is 0 Å². The van der Waals surface area contributed by atoms with E-state index < -0.39 is 103 Å². The van der Waals surface area contributed by atoms with Gasteiger partial charge >= 0.3 is 41.8 Å². The van der Waals surface area contributed by atoms with Crippen molar-refractivity contribution in [1.82, 2.24) is 4.90 Å². The van der Waals surface area contributed by atoms with Gasteiger partial charge in [-0.25, -0.2) is 19.2 Å². The lowest BCUT2D eigenvalue weighted by atomic mass is 9.50. The van der Waals surface area contributed by atoms with Crippen molar-refractivity contribution in [1.29, 1.82) is 0 Å². The van der Waals surface area contributed by atoms with Crippen LogP contribution in [0.1, 0.15) is 55.7 Å². The number of nitrogens with zero attached hydrogens (tertiary/aromatic N) is 1. The average molecular weight is 736 g/mol. The molecule has 2 bridgehead atoms. The van der Waals surface area contributed by atoms with E-state index in [9.17, 15) is 48.9 Å². The van der Waals surface area contributed by atoms with Gasteiger partial charge < -0.3 is 59.2 Å². The van der Waals surface area contributed by atoms with Gasteiger partial charge in [0.25, 0.3) is 0 Å². The summed E-state index contributed by atoms with van der Waals surface area (Å²) in [4.78, 5) is 86.8. The number of rotatable bonds is 15. The molecule has 19 heteroatoms. The summed E-state index contributed by atoms with van der Waals surface area (Å²) in [7, 11) is 1.89. The fourth-order valence-corrected chi connectivity index (χ4v) is 7.45. The Morgan fingerprint density at radius 1 is 0.942 bits per heavy atom. The zero-order valence-electron chi connectivity index (χ0n) is 27.9. The van der Waals surface area contributed by atoms with Crippen molar-refractivity contribution < 1.29 is 87.9 Å². The first kappa shape index (κ1) is 38.1. The van der Waals surface area contributed by atoms with Gasteiger partial charge in [-0.1, -0.05) is 12.1 Å². The predicted octanol–water partition coefficient (Wildman–Crippen LogP) is -1.46. The van der Waals surface area contributed by atoms with E-state index >= 15 is 0 Å². The minimum Gasteiger partial charge on any atom is -0.481 e. The topological polar surface area (TPSA) is 290 Å². The third-order valence-corrected chi connectivity index (χ3v) is 9.91. The van der Waals surface area contributed by atoms with E-state index in [1.807, 2.05) is 18.0 Å². The third kappa shape index (κ3) is 6.79. The van der Waals surface area contributed by atoms with E-state index in [4.69, 9.17) is 34.3 Å². The largest absolute Gasteiger partial charge is 0.481 e. The molecule has 282 valence electrons. The van der Waals surface area contributed by atoms with Crippen LogP contribution in [0.2, 0.25) is 0 Å². The molecule has 0 unspecified atom stereocenters. The molecule has 2 aliphatic heterocycles. The van der Waals surface area contributed by atoms with Gasteiger partial charge in [0.2, 0.25) is 12.2 Å². The van der Waals surface area contributed by atoms with Gasteiger partial charge in [0, 0.05) is 23.6 Å². The molecule has 1 aromatic carbocycles. The molecular formula is C33H37NO18. The zero-order valence-corrected chi connectivity index (χ0v) is 27.9. The molecule has 8 atom stereocenters. The molecule has 1 spiro atoms. The lowest BCUT2D eigenvalue weighted by Gasteiger charge is -2.61. The van der Waals surface area contributed by atoms with E-state index in [0.717, 1.165) is 12.5 Å². The second-order valence-corrected chi connectivity index (χ2v) is 13.1. The highest BCUT2D eigenvalue weighted by atomic mass is 16.6. The molecule has 2 heterocycles. The second kappa shape index (κ2) is 14.5. The molecule has 1 fully saturated rings. The fourth-order valence-electron chi connectivity index (χ4n) is 7.45. The van der Waals surface area contributed by atoms with Crippen LogP contribution in [-0.2, 0) is 71.0 Å². The standard InChI is InChI=1S/C33H37NO18/c1-14(30(45)51-19(29(43)44)11-22(37)38)48-31(46)20(50-23(39)10-17(36)28(41)42)12-24(40)49-18-5-6-33(47)21-9-15-3-4-16(13-35)26-25(15)32(33,27(18)52-26)7-8-34(21)2/h3-5,14,17,19-21,27,35-36,47H,6-13H2,1-2H3,(H,37,38)(H,41,42)(H,43,44)/t14-,17-,19-,20-,21+,27-,32-,33+/m0/s1. The summed E-state index contributed by atoms with van der Waals surface area (Å²) in [5.74, 6) is -10.6. The number of aliphatic carboxylic acids is 3. The number of carboxylic acids is 3. The normalized spacial score (nSPS) is 26.2. The van der Waals surface area contributed by atoms with Crippen molar-refractivity contribution >= 4 is 41.8 Å². The lowest BCUT2D eigenvalue weighted by molar-refractivity contribution is -0.185. The van der Waals surface area contributed by atoms with E-state index in [1.54, 1.807) is 6.07 Å². The number of esters is 4. The Morgan fingerprint density at radius 3 is 2.29 bits per heavy atom. The molecule has 5 rings (SSSR count). The molecular weight excluding hydrogens is 698 g/mol. The van der Waals surface area contributed by atoms with Crippen LogP contribution in [-0.4, -0.2) is 133 Å². The molecule has 2 aliphatic carbocycles. The van der Waals surface area contributed by atoms with E-state index in [0.29, 0.717) is 36.3 Å². The molecule has 52 heavy (non-hydrogen) atoms. The Hall–Kier alpha value is -5.11. The van der Waals surface area contributed by atoms with Gasteiger partial charge in [-0.05, 0) is 45.0 Å². The van der Waals surface area contributed by atoms with Gasteiger partial charge in [0.05, 0.1) is 36.9 Å². The number of aliphatic hydroxyl groups is 3. The average Bonchev–Trinajstić information content (AvgIpc) is 3.42. The maximum atomic E-state index is 13.4. The molecule has 0 amide bonds. The molecule has 0 saturated carbocycles. The molecule has 0 aromatic heterocycles. The van der Waals surface area contributed by atoms with Crippen LogP contribution < -0.4 is 4.74 Å². The number of carbonyl (C=O) groups excluding carboxylic acids is 4. The highest BCUT2D eigenvalue weighted by molar-refractivity contribution is 5.89. The highest BCUT2D eigenvalue weighted by Gasteiger charge is 2.72. The number of carboxylic acid groups (broad SMARTS) is 3. The van der Waals surface area contributed by atoms with Crippen LogP contribution in [0.15, 0.2) is 24.0 Å². The maximum Gasteiger partial charge on any atom is 0.348 e. The quantitative estimate of drug-likeness (QED) is 0.0886. The number of ether oxygens (including phenoxy) is 5. The van der Waals surface area contributed by atoms with Crippen molar-refractivity contribution in [2.45, 2.75) is 99.6 Å². The van der Waals surface area contributed by atoms with Crippen molar-refractivity contribution in [2.75, 3.05) is 13.6 Å². The smallest absolute Gasteiger partial charge is 0.348 e. The van der Waals surface area contributed by atoms with Crippen LogP contribution in [0, 0.1) is 0 Å². The van der Waals surface area contributed by atoms with Crippen molar-refractivity contribution in [3.8, 4) is 5.75 Å². The number of piperidine rings is 1. The van der Waals surface area contributed by atoms with Gasteiger partial charge in [-0.2, -0.15) is 0 Å². The van der Waals surface area contributed by atoms with Crippen molar-refractivity contribution in [3.63, 3.8) is 0 Å². The number of likely N-dealkylation sites (tertiary alicyclic amines) is 1. The molecule has 4 aliphatic rings. The van der Waals surface area contributed by atoms with Crippen LogP contribution in [0.4, 0.5) is 0 Å². The second-order valence-electron chi connectivity index (χ2n) is 13.1. The summed E-state index contributed by atoms with van der Waals surface area (Å²) in [6, 6.07) is 3.25. The Bertz CT molecular complexity index is 1720. The van der Waals surface area contributed by atoms with Crippen LogP contribution in [0.25, 0.3) is 0 Å². The SMILES string of the molecule is C[C@H](OC(=O)[C@H](CC(=O)OC1=CC[C@@]2(O)[C@H]3Cc4ccc(CO)c5c4[C@@]2(CCN3C)[C@H]1O5)OC(=O)C[C@H](O)C(=O)O)C(=O)O[C@@H](CC(=O)O)C(=O)O. The van der Waals surface area contributed by atoms with Crippen LogP contribution >= 0.6 is 0 Å². The fraction of sp³-hybridized carbons (Fsp3) is 0.545. The molecule has 19 nitrogen and oxygen atoms in total.